The highest BCUT2D eigenvalue weighted by atomic mass is 16.8. The second-order valence-corrected chi connectivity index (χ2v) is 11.7. The van der Waals surface area contributed by atoms with Crippen LogP contribution in [-0.2, 0) is 42.7 Å². The molecule has 0 aromatic carbocycles. The van der Waals surface area contributed by atoms with Crippen molar-refractivity contribution in [3.8, 4) is 0 Å². The molecule has 19 unspecified atom stereocenters. The Bertz CT molecular complexity index is 1070. The van der Waals surface area contributed by atoms with E-state index in [0.717, 1.165) is 6.92 Å². The first-order valence-corrected chi connectivity index (χ1v) is 15.0. The predicted octanol–water partition coefficient (Wildman–Crippen LogP) is -9.40. The summed E-state index contributed by atoms with van der Waals surface area (Å²) >= 11 is 0. The van der Waals surface area contributed by atoms with Crippen LogP contribution < -0.4 is 5.32 Å². The van der Waals surface area contributed by atoms with E-state index in [2.05, 4.69) is 5.32 Å². The highest BCUT2D eigenvalue weighted by Gasteiger charge is 2.55. The molecular weight excluding hydrogens is 662 g/mol. The number of carbonyl (C=O) groups is 2. The third kappa shape index (κ3) is 7.91. The van der Waals surface area contributed by atoms with E-state index in [1.54, 1.807) is 0 Å². The Morgan fingerprint density at radius 1 is 0.583 bits per heavy atom. The van der Waals surface area contributed by atoms with Gasteiger partial charge in [0, 0.05) is 6.92 Å². The molecule has 0 saturated carbocycles. The van der Waals surface area contributed by atoms with Crippen molar-refractivity contribution in [3.63, 3.8) is 0 Å². The topological polar surface area (TPSA) is 354 Å². The molecule has 4 fully saturated rings. The van der Waals surface area contributed by atoms with E-state index in [9.17, 15) is 70.9 Å². The number of aliphatic hydroxyl groups excluding tert-OH is 12. The van der Waals surface area contributed by atoms with Gasteiger partial charge < -0.3 is 99.8 Å². The van der Waals surface area contributed by atoms with Gasteiger partial charge in [0.2, 0.25) is 5.91 Å². The number of amides is 1. The Hall–Kier alpha value is -1.78. The van der Waals surface area contributed by atoms with Crippen molar-refractivity contribution < 1.29 is 104 Å². The lowest BCUT2D eigenvalue weighted by atomic mass is 9.94. The molecule has 0 aromatic rings. The molecule has 4 heterocycles. The van der Waals surface area contributed by atoms with Gasteiger partial charge in [0.05, 0.1) is 26.4 Å². The van der Waals surface area contributed by atoms with E-state index in [0.29, 0.717) is 0 Å². The summed E-state index contributed by atoms with van der Waals surface area (Å²) in [5, 5.41) is 126. The van der Waals surface area contributed by atoms with Crippen LogP contribution in [-0.4, -0.2) is 216 Å². The van der Waals surface area contributed by atoms with E-state index in [1.807, 2.05) is 0 Å². The van der Waals surface area contributed by atoms with Crippen molar-refractivity contribution in [1.82, 2.24) is 5.32 Å². The summed E-state index contributed by atoms with van der Waals surface area (Å²) in [4.78, 5) is 23.9. The number of aliphatic hydroxyl groups is 12. The molecule has 13 N–H and O–H groups in total. The number of cyclic esters (lactones) is 1. The van der Waals surface area contributed by atoms with Crippen LogP contribution in [0, 0.1) is 0 Å². The first kappa shape index (κ1) is 39.0. The van der Waals surface area contributed by atoms with Crippen molar-refractivity contribution in [3.05, 3.63) is 0 Å². The van der Waals surface area contributed by atoms with Crippen LogP contribution in [0.2, 0.25) is 0 Å². The molecule has 278 valence electrons. The van der Waals surface area contributed by atoms with Crippen LogP contribution in [0.4, 0.5) is 0 Å². The summed E-state index contributed by atoms with van der Waals surface area (Å²) < 4.78 is 38.2. The van der Waals surface area contributed by atoms with Gasteiger partial charge in [-0.15, -0.1) is 0 Å². The maximum Gasteiger partial charge on any atom is 0.338 e. The normalized spacial score (nSPS) is 48.5. The smallest absolute Gasteiger partial charge is 0.338 e. The minimum absolute atomic E-state index is 0.762. The number of hydrogen-bond acceptors (Lipinski definition) is 21. The molecule has 48 heavy (non-hydrogen) atoms. The van der Waals surface area contributed by atoms with Gasteiger partial charge in [0.25, 0.3) is 0 Å². The summed E-state index contributed by atoms with van der Waals surface area (Å²) in [5.74, 6) is -2.03. The average molecular weight is 706 g/mol. The molecular formula is C26H43NO21. The van der Waals surface area contributed by atoms with Gasteiger partial charge in [0.15, 0.2) is 31.1 Å². The Labute approximate surface area is 271 Å². The van der Waals surface area contributed by atoms with Gasteiger partial charge in [-0.05, 0) is 0 Å². The van der Waals surface area contributed by atoms with Crippen LogP contribution >= 0.6 is 0 Å². The van der Waals surface area contributed by atoms with Crippen LogP contribution in [0.25, 0.3) is 0 Å². The zero-order valence-corrected chi connectivity index (χ0v) is 25.3. The maximum atomic E-state index is 12.1. The summed E-state index contributed by atoms with van der Waals surface area (Å²) in [6.45, 7) is -2.47. The molecule has 0 bridgehead atoms. The molecule has 1 amide bonds. The Morgan fingerprint density at radius 3 is 1.60 bits per heavy atom. The first-order chi connectivity index (χ1) is 22.7. The number of nitrogens with one attached hydrogen (secondary N) is 1. The Morgan fingerprint density at radius 2 is 1.06 bits per heavy atom. The molecule has 22 nitrogen and oxygen atoms in total. The lowest BCUT2D eigenvalue weighted by Crippen LogP contribution is -2.69. The average Bonchev–Trinajstić information content (AvgIpc) is 3.06. The first-order valence-electron chi connectivity index (χ1n) is 15.0. The lowest BCUT2D eigenvalue weighted by Gasteiger charge is -2.49. The Balaban J connectivity index is 1.56. The molecule has 4 rings (SSSR count). The van der Waals surface area contributed by atoms with Crippen molar-refractivity contribution in [1.29, 1.82) is 0 Å². The van der Waals surface area contributed by atoms with Gasteiger partial charge in [-0.1, -0.05) is 0 Å². The quantitative estimate of drug-likeness (QED) is 0.0887. The zero-order valence-electron chi connectivity index (χ0n) is 25.3. The summed E-state index contributed by atoms with van der Waals surface area (Å²) in [6.07, 6.45) is -32.2. The zero-order chi connectivity index (χ0) is 35.6. The monoisotopic (exact) mass is 705 g/mol. The number of carbonyl (C=O) groups excluding carboxylic acids is 2. The van der Waals surface area contributed by atoms with Gasteiger partial charge in [-0.25, -0.2) is 4.79 Å². The second-order valence-electron chi connectivity index (χ2n) is 11.7. The van der Waals surface area contributed by atoms with Crippen molar-refractivity contribution in [2.75, 3.05) is 26.4 Å². The van der Waals surface area contributed by atoms with Crippen LogP contribution in [0.5, 0.6) is 0 Å². The van der Waals surface area contributed by atoms with Gasteiger partial charge in [-0.3, -0.25) is 4.79 Å². The highest BCUT2D eigenvalue weighted by molar-refractivity contribution is 5.76. The minimum Gasteiger partial charge on any atom is -0.455 e. The van der Waals surface area contributed by atoms with Crippen LogP contribution in [0.3, 0.4) is 0 Å². The maximum absolute atomic E-state index is 12.1. The minimum atomic E-state index is -2.10. The van der Waals surface area contributed by atoms with Crippen LogP contribution in [0.1, 0.15) is 6.92 Å². The fourth-order valence-corrected chi connectivity index (χ4v) is 5.84. The summed E-state index contributed by atoms with van der Waals surface area (Å²) in [7, 11) is 0. The van der Waals surface area contributed by atoms with E-state index >= 15 is 0 Å². The third-order valence-electron chi connectivity index (χ3n) is 8.48. The van der Waals surface area contributed by atoms with E-state index < -0.39 is 155 Å². The Kier molecular flexibility index (Phi) is 13.4. The number of hydrogen-bond donors (Lipinski definition) is 13. The third-order valence-corrected chi connectivity index (χ3v) is 8.48. The molecule has 22 heteroatoms. The van der Waals surface area contributed by atoms with E-state index in [1.165, 1.54) is 0 Å². The van der Waals surface area contributed by atoms with Crippen LogP contribution in [0.15, 0.2) is 0 Å². The fourth-order valence-electron chi connectivity index (χ4n) is 5.84. The molecule has 19 atom stereocenters. The SMILES string of the molecule is CC(=O)NC1C(OC2C(O)C(CO)OC(OC3C(CO)OC(=O)C(O)C3O)C2O)OC(CO)C(OC2OC(CO)C(O)C(O)C2O)C1O. The standard InChI is InChI=1S/C26H43NO21/c1-6(32)27-11-14(35)20(46-25-18(39)15(36)12(33)7(2-28)43-25)10(5-31)45-24(11)48-22-13(34)8(3-29)44-26(19(22)40)47-21-9(4-30)42-23(41)17(38)16(21)37/h7-22,24-26,28-31,33-40H,2-5H2,1H3,(H,27,32). The lowest BCUT2D eigenvalue weighted by molar-refractivity contribution is -0.373. The van der Waals surface area contributed by atoms with E-state index in [4.69, 9.17) is 33.2 Å². The highest BCUT2D eigenvalue weighted by Crippen LogP contribution is 2.34. The van der Waals surface area contributed by atoms with Gasteiger partial charge in [0.1, 0.15) is 85.4 Å². The largest absolute Gasteiger partial charge is 0.455 e. The van der Waals surface area contributed by atoms with Gasteiger partial charge in [-0.2, -0.15) is 0 Å². The van der Waals surface area contributed by atoms with E-state index in [-0.39, 0.29) is 0 Å². The second kappa shape index (κ2) is 16.5. The number of esters is 1. The molecule has 0 aliphatic carbocycles. The molecule has 4 aliphatic heterocycles. The molecule has 4 aliphatic rings. The number of rotatable bonds is 11. The van der Waals surface area contributed by atoms with Crippen molar-refractivity contribution >= 4 is 11.9 Å². The molecule has 0 radical (unpaired) electrons. The summed E-state index contributed by atoms with van der Waals surface area (Å²) in [5.41, 5.74) is 0. The van der Waals surface area contributed by atoms with Gasteiger partial charge >= 0.3 is 5.97 Å². The predicted molar refractivity (Wildman–Crippen MR) is 144 cm³/mol. The number of ether oxygens (including phenoxy) is 7. The molecule has 4 saturated heterocycles. The molecule has 0 spiro atoms. The fraction of sp³-hybridized carbons (Fsp3) is 0.923. The van der Waals surface area contributed by atoms with Crippen molar-refractivity contribution in [2.24, 2.45) is 0 Å². The van der Waals surface area contributed by atoms with Crippen molar-refractivity contribution in [2.45, 2.75) is 123 Å². The summed E-state index contributed by atoms with van der Waals surface area (Å²) in [6, 6.07) is -1.62. The molecule has 0 aromatic heterocycles.